The zero-order valence-electron chi connectivity index (χ0n) is 17.3. The van der Waals surface area contributed by atoms with Gasteiger partial charge >= 0.3 is 5.97 Å². The molecular formula is C21H37NO2Si. The SMILES string of the molecule is CC[Si](CC)(CC)C(C)N(CCC(=O)OC(C)(C)C)c1ccccc1. The van der Waals surface area contributed by atoms with Crippen molar-refractivity contribution < 1.29 is 9.53 Å². The molecule has 0 aromatic heterocycles. The fourth-order valence-electron chi connectivity index (χ4n) is 3.74. The van der Waals surface area contributed by atoms with Gasteiger partial charge in [0, 0.05) is 17.9 Å². The topological polar surface area (TPSA) is 29.5 Å². The molecule has 0 radical (unpaired) electrons. The van der Waals surface area contributed by atoms with Gasteiger partial charge in [-0.1, -0.05) is 57.1 Å². The van der Waals surface area contributed by atoms with Crippen LogP contribution in [0.4, 0.5) is 5.69 Å². The van der Waals surface area contributed by atoms with E-state index in [1.165, 1.54) is 23.8 Å². The third kappa shape index (κ3) is 6.18. The molecule has 0 amide bonds. The van der Waals surface area contributed by atoms with E-state index in [1.807, 2.05) is 26.8 Å². The number of carbonyl (C=O) groups is 1. The summed E-state index contributed by atoms with van der Waals surface area (Å²) in [5.74, 6) is -0.114. The van der Waals surface area contributed by atoms with Gasteiger partial charge in [-0.3, -0.25) is 4.79 Å². The Morgan fingerprint density at radius 3 is 2.04 bits per heavy atom. The van der Waals surface area contributed by atoms with Gasteiger partial charge in [-0.2, -0.15) is 0 Å². The van der Waals surface area contributed by atoms with Gasteiger partial charge in [0.05, 0.1) is 14.5 Å². The van der Waals surface area contributed by atoms with Crippen molar-refractivity contribution in [2.75, 3.05) is 11.4 Å². The highest BCUT2D eigenvalue weighted by Crippen LogP contribution is 2.31. The molecule has 0 heterocycles. The largest absolute Gasteiger partial charge is 0.460 e. The van der Waals surface area contributed by atoms with E-state index >= 15 is 0 Å². The fraction of sp³-hybridized carbons (Fsp3) is 0.667. The Hall–Kier alpha value is -1.29. The molecule has 0 bridgehead atoms. The summed E-state index contributed by atoms with van der Waals surface area (Å²) in [6, 6.07) is 14.3. The van der Waals surface area contributed by atoms with Gasteiger partial charge in [0.1, 0.15) is 5.60 Å². The number of carbonyl (C=O) groups excluding carboxylic acids is 1. The maximum Gasteiger partial charge on any atom is 0.308 e. The van der Waals surface area contributed by atoms with Gasteiger partial charge in [0.2, 0.25) is 0 Å². The number of rotatable bonds is 9. The standard InChI is InChI=1S/C21H37NO2Si/c1-8-25(9-2,10-3)18(4)22(19-14-12-11-13-15-19)17-16-20(23)24-21(5,6)7/h11-15,18H,8-10,16-17H2,1-7H3. The molecule has 0 N–H and O–H groups in total. The van der Waals surface area contributed by atoms with Crippen molar-refractivity contribution in [3.8, 4) is 0 Å². The Bertz CT molecular complexity index is 512. The first-order valence-corrected chi connectivity index (χ1v) is 12.4. The highest BCUT2D eigenvalue weighted by molar-refractivity contribution is 6.81. The van der Waals surface area contributed by atoms with E-state index < -0.39 is 13.7 Å². The van der Waals surface area contributed by atoms with Crippen LogP contribution in [0.2, 0.25) is 18.1 Å². The Balaban J connectivity index is 3.00. The fourth-order valence-corrected chi connectivity index (χ4v) is 7.95. The Labute approximate surface area is 155 Å². The normalized spacial score (nSPS) is 13.4. The lowest BCUT2D eigenvalue weighted by Crippen LogP contribution is -2.54. The van der Waals surface area contributed by atoms with Gasteiger partial charge in [-0.15, -0.1) is 0 Å². The van der Waals surface area contributed by atoms with E-state index in [1.54, 1.807) is 0 Å². The van der Waals surface area contributed by atoms with Gasteiger partial charge in [0.25, 0.3) is 0 Å². The number of nitrogens with zero attached hydrogens (tertiary/aromatic N) is 1. The minimum absolute atomic E-state index is 0.114. The second-order valence-corrected chi connectivity index (χ2v) is 13.6. The second-order valence-electron chi connectivity index (χ2n) is 7.96. The number of hydrogen-bond donors (Lipinski definition) is 0. The summed E-state index contributed by atoms with van der Waals surface area (Å²) in [5, 5.41) is 0. The van der Waals surface area contributed by atoms with E-state index in [0.29, 0.717) is 12.1 Å². The smallest absolute Gasteiger partial charge is 0.308 e. The summed E-state index contributed by atoms with van der Waals surface area (Å²) >= 11 is 0. The molecule has 4 heteroatoms. The van der Waals surface area contributed by atoms with Crippen LogP contribution in [-0.4, -0.2) is 31.9 Å². The van der Waals surface area contributed by atoms with Crippen LogP contribution in [0, 0.1) is 0 Å². The number of ether oxygens (including phenoxy) is 1. The van der Waals surface area contributed by atoms with Crippen molar-refractivity contribution in [3.63, 3.8) is 0 Å². The molecule has 1 aromatic carbocycles. The maximum absolute atomic E-state index is 12.2. The van der Waals surface area contributed by atoms with Gasteiger partial charge < -0.3 is 9.64 Å². The van der Waals surface area contributed by atoms with Crippen LogP contribution in [0.3, 0.4) is 0 Å². The summed E-state index contributed by atoms with van der Waals surface area (Å²) in [6.45, 7) is 15.9. The quantitative estimate of drug-likeness (QED) is 0.419. The van der Waals surface area contributed by atoms with Gasteiger partial charge in [0.15, 0.2) is 0 Å². The van der Waals surface area contributed by atoms with Crippen molar-refractivity contribution in [3.05, 3.63) is 30.3 Å². The van der Waals surface area contributed by atoms with Crippen LogP contribution in [0.15, 0.2) is 30.3 Å². The summed E-state index contributed by atoms with van der Waals surface area (Å²) < 4.78 is 5.51. The first-order valence-electron chi connectivity index (χ1n) is 9.72. The van der Waals surface area contributed by atoms with Crippen LogP contribution < -0.4 is 4.90 Å². The minimum Gasteiger partial charge on any atom is -0.460 e. The van der Waals surface area contributed by atoms with E-state index in [4.69, 9.17) is 4.74 Å². The molecule has 0 spiro atoms. The molecular weight excluding hydrogens is 326 g/mol. The van der Waals surface area contributed by atoms with Crippen LogP contribution in [0.25, 0.3) is 0 Å². The third-order valence-corrected chi connectivity index (χ3v) is 11.8. The van der Waals surface area contributed by atoms with Crippen LogP contribution >= 0.6 is 0 Å². The van der Waals surface area contributed by atoms with Crippen molar-refractivity contribution in [1.82, 2.24) is 0 Å². The Kier molecular flexibility index (Phi) is 8.19. The summed E-state index contributed by atoms with van der Waals surface area (Å²) in [7, 11) is -1.41. The lowest BCUT2D eigenvalue weighted by atomic mass is 10.2. The van der Waals surface area contributed by atoms with Crippen LogP contribution in [-0.2, 0) is 9.53 Å². The molecule has 0 aliphatic carbocycles. The molecule has 0 saturated heterocycles. The van der Waals surface area contributed by atoms with E-state index in [2.05, 4.69) is 56.9 Å². The zero-order valence-corrected chi connectivity index (χ0v) is 18.3. The third-order valence-electron chi connectivity index (χ3n) is 5.53. The van der Waals surface area contributed by atoms with Gasteiger partial charge in [-0.05, 0) is 39.8 Å². The average molecular weight is 364 g/mol. The van der Waals surface area contributed by atoms with E-state index in [0.717, 1.165) is 6.54 Å². The molecule has 1 atom stereocenters. The first-order chi connectivity index (χ1) is 11.7. The van der Waals surface area contributed by atoms with Crippen LogP contribution in [0.5, 0.6) is 0 Å². The number of hydrogen-bond acceptors (Lipinski definition) is 3. The molecule has 1 unspecified atom stereocenters. The summed E-state index contributed by atoms with van der Waals surface area (Å²) in [5.41, 5.74) is 1.29. The molecule has 0 aliphatic rings. The Morgan fingerprint density at radius 2 is 1.60 bits per heavy atom. The minimum atomic E-state index is -1.41. The molecule has 1 aromatic rings. The predicted octanol–water partition coefficient (Wildman–Crippen LogP) is 5.66. The lowest BCUT2D eigenvalue weighted by molar-refractivity contribution is -0.154. The number of benzene rings is 1. The Morgan fingerprint density at radius 1 is 1.08 bits per heavy atom. The zero-order chi connectivity index (χ0) is 19.1. The molecule has 0 fully saturated rings. The van der Waals surface area contributed by atoms with E-state index in [9.17, 15) is 4.79 Å². The van der Waals surface area contributed by atoms with Crippen molar-refractivity contribution in [2.45, 2.75) is 84.3 Å². The monoisotopic (exact) mass is 363 g/mol. The van der Waals surface area contributed by atoms with Crippen molar-refractivity contribution in [2.24, 2.45) is 0 Å². The number of anilines is 1. The van der Waals surface area contributed by atoms with Crippen molar-refractivity contribution >= 4 is 19.7 Å². The summed E-state index contributed by atoms with van der Waals surface area (Å²) in [4.78, 5) is 14.7. The van der Waals surface area contributed by atoms with E-state index in [-0.39, 0.29) is 5.97 Å². The van der Waals surface area contributed by atoms with Crippen molar-refractivity contribution in [1.29, 1.82) is 0 Å². The number of esters is 1. The predicted molar refractivity (Wildman–Crippen MR) is 111 cm³/mol. The highest BCUT2D eigenvalue weighted by Gasteiger charge is 2.37. The first kappa shape index (κ1) is 21.7. The molecule has 0 saturated carbocycles. The van der Waals surface area contributed by atoms with Crippen LogP contribution in [0.1, 0.15) is 54.9 Å². The van der Waals surface area contributed by atoms with Gasteiger partial charge in [-0.25, -0.2) is 0 Å². The lowest BCUT2D eigenvalue weighted by Gasteiger charge is -2.43. The molecule has 3 nitrogen and oxygen atoms in total. The second kappa shape index (κ2) is 9.42. The molecule has 0 aliphatic heterocycles. The number of para-hydroxylation sites is 1. The average Bonchev–Trinajstić information content (AvgIpc) is 2.56. The molecule has 1 rings (SSSR count). The summed E-state index contributed by atoms with van der Waals surface area (Å²) in [6.07, 6.45) is 0.429. The molecule has 25 heavy (non-hydrogen) atoms. The maximum atomic E-state index is 12.2. The molecule has 142 valence electrons. The highest BCUT2D eigenvalue weighted by atomic mass is 28.3.